The van der Waals surface area contributed by atoms with Crippen LogP contribution in [-0.2, 0) is 6.54 Å². The zero-order chi connectivity index (χ0) is 13.1. The maximum absolute atomic E-state index is 13.5. The van der Waals surface area contributed by atoms with Crippen LogP contribution in [-0.4, -0.2) is 15.7 Å². The molecule has 0 radical (unpaired) electrons. The van der Waals surface area contributed by atoms with Crippen LogP contribution >= 0.6 is 15.9 Å². The van der Waals surface area contributed by atoms with Crippen molar-refractivity contribution in [1.29, 1.82) is 0 Å². The smallest absolute Gasteiger partial charge is 0.258 e. The van der Waals surface area contributed by atoms with E-state index < -0.39 is 5.82 Å². The lowest BCUT2D eigenvalue weighted by atomic mass is 10.2. The molecule has 1 aromatic heterocycles. The Kier molecular flexibility index (Phi) is 3.76. The molecule has 6 heteroatoms. The van der Waals surface area contributed by atoms with Gasteiger partial charge in [-0.05, 0) is 25.1 Å². The molecule has 0 unspecified atom stereocenters. The summed E-state index contributed by atoms with van der Waals surface area (Å²) in [4.78, 5) is 11.8. The number of carbonyl (C=O) groups is 1. The summed E-state index contributed by atoms with van der Waals surface area (Å²) in [5.74, 6) is -0.864. The molecule has 2 rings (SSSR count). The number of benzene rings is 1. The number of halogens is 2. The van der Waals surface area contributed by atoms with Crippen molar-refractivity contribution >= 4 is 27.5 Å². The van der Waals surface area contributed by atoms with Crippen molar-refractivity contribution in [3.8, 4) is 0 Å². The number of anilines is 1. The van der Waals surface area contributed by atoms with Crippen LogP contribution in [0.2, 0.25) is 0 Å². The highest BCUT2D eigenvalue weighted by atomic mass is 79.9. The third-order valence-corrected chi connectivity index (χ3v) is 2.89. The monoisotopic (exact) mass is 311 g/mol. The zero-order valence-corrected chi connectivity index (χ0v) is 11.2. The quantitative estimate of drug-likeness (QED) is 0.947. The van der Waals surface area contributed by atoms with E-state index in [-0.39, 0.29) is 11.6 Å². The highest BCUT2D eigenvalue weighted by Crippen LogP contribution is 2.19. The number of aryl methyl sites for hydroxylation is 1. The first-order valence-corrected chi connectivity index (χ1v) is 6.18. The Morgan fingerprint density at radius 1 is 1.56 bits per heavy atom. The molecule has 0 spiro atoms. The molecule has 0 aliphatic carbocycles. The van der Waals surface area contributed by atoms with Gasteiger partial charge in [-0.1, -0.05) is 15.9 Å². The van der Waals surface area contributed by atoms with Crippen LogP contribution in [0, 0.1) is 5.82 Å². The number of aromatic nitrogens is 2. The van der Waals surface area contributed by atoms with E-state index in [0.717, 1.165) is 0 Å². The van der Waals surface area contributed by atoms with Crippen LogP contribution in [0.1, 0.15) is 17.3 Å². The van der Waals surface area contributed by atoms with Gasteiger partial charge in [0.15, 0.2) is 0 Å². The van der Waals surface area contributed by atoms with Crippen LogP contribution in [0.4, 0.5) is 10.1 Å². The maximum atomic E-state index is 13.5. The fourth-order valence-electron chi connectivity index (χ4n) is 1.44. The first-order valence-electron chi connectivity index (χ1n) is 5.39. The van der Waals surface area contributed by atoms with Crippen LogP contribution in [0.3, 0.4) is 0 Å². The lowest BCUT2D eigenvalue weighted by Crippen LogP contribution is -2.12. The Morgan fingerprint density at radius 2 is 2.33 bits per heavy atom. The van der Waals surface area contributed by atoms with E-state index in [4.69, 9.17) is 0 Å². The molecule has 1 heterocycles. The first-order chi connectivity index (χ1) is 8.60. The number of rotatable bonds is 3. The van der Waals surface area contributed by atoms with Crippen LogP contribution < -0.4 is 5.32 Å². The average Bonchev–Trinajstić information content (AvgIpc) is 2.81. The van der Waals surface area contributed by atoms with Crippen LogP contribution in [0.5, 0.6) is 0 Å². The summed E-state index contributed by atoms with van der Waals surface area (Å²) in [6.45, 7) is 2.60. The molecule has 0 saturated heterocycles. The van der Waals surface area contributed by atoms with E-state index >= 15 is 0 Å². The van der Waals surface area contributed by atoms with Crippen molar-refractivity contribution < 1.29 is 9.18 Å². The average molecular weight is 312 g/mol. The third kappa shape index (κ3) is 2.76. The molecule has 1 aromatic carbocycles. The Balaban J connectivity index is 2.16. The van der Waals surface area contributed by atoms with Gasteiger partial charge in [0.1, 0.15) is 5.82 Å². The Hall–Kier alpha value is -1.69. The Morgan fingerprint density at radius 3 is 2.94 bits per heavy atom. The van der Waals surface area contributed by atoms with Crippen molar-refractivity contribution in [2.75, 3.05) is 5.32 Å². The zero-order valence-electron chi connectivity index (χ0n) is 9.65. The normalized spacial score (nSPS) is 10.4. The number of nitrogens with one attached hydrogen (secondary N) is 1. The molecule has 94 valence electrons. The van der Waals surface area contributed by atoms with E-state index in [2.05, 4.69) is 26.3 Å². The Labute approximate surface area is 112 Å². The van der Waals surface area contributed by atoms with Gasteiger partial charge >= 0.3 is 0 Å². The summed E-state index contributed by atoms with van der Waals surface area (Å²) in [6, 6.07) is 4.46. The second kappa shape index (κ2) is 5.30. The number of carbonyl (C=O) groups excluding carboxylic acids is 1. The van der Waals surface area contributed by atoms with Crippen LogP contribution in [0.25, 0.3) is 0 Å². The van der Waals surface area contributed by atoms with Gasteiger partial charge in [0.25, 0.3) is 5.91 Å². The molecule has 2 aromatic rings. The van der Waals surface area contributed by atoms with E-state index in [0.29, 0.717) is 16.6 Å². The summed E-state index contributed by atoms with van der Waals surface area (Å²) >= 11 is 3.15. The van der Waals surface area contributed by atoms with Crippen molar-refractivity contribution in [3.63, 3.8) is 0 Å². The molecule has 1 N–H and O–H groups in total. The number of hydrogen-bond acceptors (Lipinski definition) is 2. The minimum atomic E-state index is -0.486. The molecule has 0 saturated carbocycles. The van der Waals surface area contributed by atoms with Gasteiger partial charge in [-0.15, -0.1) is 0 Å². The molecular weight excluding hydrogens is 301 g/mol. The van der Waals surface area contributed by atoms with Gasteiger partial charge in [0.2, 0.25) is 0 Å². The van der Waals surface area contributed by atoms with Gasteiger partial charge in [-0.3, -0.25) is 9.48 Å². The molecule has 0 bridgehead atoms. The van der Waals surface area contributed by atoms with Crippen molar-refractivity contribution in [2.24, 2.45) is 0 Å². The lowest BCUT2D eigenvalue weighted by molar-refractivity contribution is 0.102. The molecule has 18 heavy (non-hydrogen) atoms. The summed E-state index contributed by atoms with van der Waals surface area (Å²) < 4.78 is 15.8. The molecule has 0 aliphatic rings. The first kappa shape index (κ1) is 12.8. The van der Waals surface area contributed by atoms with Crippen LogP contribution in [0.15, 0.2) is 35.1 Å². The van der Waals surface area contributed by atoms with E-state index in [1.165, 1.54) is 18.3 Å². The Bertz CT molecular complexity index is 582. The third-order valence-electron chi connectivity index (χ3n) is 2.40. The highest BCUT2D eigenvalue weighted by molar-refractivity contribution is 9.10. The maximum Gasteiger partial charge on any atom is 0.258 e. The van der Waals surface area contributed by atoms with Gasteiger partial charge in [0, 0.05) is 17.2 Å². The van der Waals surface area contributed by atoms with Crippen molar-refractivity contribution in [3.05, 3.63) is 46.4 Å². The van der Waals surface area contributed by atoms with Gasteiger partial charge in [-0.2, -0.15) is 5.10 Å². The van der Waals surface area contributed by atoms with Gasteiger partial charge < -0.3 is 5.32 Å². The fraction of sp³-hybridized carbons (Fsp3) is 0.167. The minimum Gasteiger partial charge on any atom is -0.319 e. The highest BCUT2D eigenvalue weighted by Gasteiger charge is 2.11. The summed E-state index contributed by atoms with van der Waals surface area (Å²) in [5, 5.41) is 6.49. The predicted octanol–water partition coefficient (Wildman–Crippen LogP) is 3.06. The molecule has 4 nitrogen and oxygen atoms in total. The SMILES string of the molecule is CCn1cc(C(=O)Nc2ccc(Br)cc2F)cn1. The van der Waals surface area contributed by atoms with E-state index in [1.54, 1.807) is 16.9 Å². The number of hydrogen-bond donors (Lipinski definition) is 1. The van der Waals surface area contributed by atoms with Crippen molar-refractivity contribution in [1.82, 2.24) is 9.78 Å². The lowest BCUT2D eigenvalue weighted by Gasteiger charge is -2.05. The largest absolute Gasteiger partial charge is 0.319 e. The second-order valence-electron chi connectivity index (χ2n) is 3.66. The number of amides is 1. The van der Waals surface area contributed by atoms with E-state index in [9.17, 15) is 9.18 Å². The van der Waals surface area contributed by atoms with Gasteiger partial charge in [0.05, 0.1) is 17.4 Å². The molecule has 0 fully saturated rings. The molecular formula is C12H11BrFN3O. The predicted molar refractivity (Wildman–Crippen MR) is 70.0 cm³/mol. The molecule has 0 aliphatic heterocycles. The van der Waals surface area contributed by atoms with E-state index in [1.807, 2.05) is 6.92 Å². The fourth-order valence-corrected chi connectivity index (χ4v) is 1.77. The summed E-state index contributed by atoms with van der Waals surface area (Å²) in [5.41, 5.74) is 0.548. The van der Waals surface area contributed by atoms with Gasteiger partial charge in [-0.25, -0.2) is 4.39 Å². The summed E-state index contributed by atoms with van der Waals surface area (Å²) in [7, 11) is 0. The molecule has 0 atom stereocenters. The second-order valence-corrected chi connectivity index (χ2v) is 4.58. The standard InChI is InChI=1S/C12H11BrFN3O/c1-2-17-7-8(6-15-17)12(18)16-11-4-3-9(13)5-10(11)14/h3-7H,2H2,1H3,(H,16,18). The summed E-state index contributed by atoms with van der Waals surface area (Å²) in [6.07, 6.45) is 3.07. The molecule has 1 amide bonds. The topological polar surface area (TPSA) is 46.9 Å². The minimum absolute atomic E-state index is 0.146. The van der Waals surface area contributed by atoms with Crippen molar-refractivity contribution in [2.45, 2.75) is 13.5 Å². The number of nitrogens with zero attached hydrogens (tertiary/aromatic N) is 2.